The van der Waals surface area contributed by atoms with Crippen molar-refractivity contribution in [3.63, 3.8) is 0 Å². The van der Waals surface area contributed by atoms with Gasteiger partial charge in [-0.25, -0.2) is 9.37 Å². The Labute approximate surface area is 162 Å². The van der Waals surface area contributed by atoms with Crippen molar-refractivity contribution in [2.45, 2.75) is 26.7 Å². The van der Waals surface area contributed by atoms with Crippen LogP contribution in [0.4, 0.5) is 10.1 Å². The standard InChI is InChI=1S/C21H20FN3O3/c1-4-21(27)25(3)15-6-7-16(17(22)9-15)14-5-8-18(23-12-14)19(26)10-20-24-11-13(2)28-20/h5-9,11-12H,4,10H2,1-3H3. The van der Waals surface area contributed by atoms with Crippen molar-refractivity contribution in [3.8, 4) is 11.1 Å². The van der Waals surface area contributed by atoms with Crippen molar-refractivity contribution in [2.75, 3.05) is 11.9 Å². The van der Waals surface area contributed by atoms with Crippen LogP contribution >= 0.6 is 0 Å². The highest BCUT2D eigenvalue weighted by Crippen LogP contribution is 2.26. The smallest absolute Gasteiger partial charge is 0.226 e. The van der Waals surface area contributed by atoms with Gasteiger partial charge in [-0.1, -0.05) is 13.0 Å². The van der Waals surface area contributed by atoms with Gasteiger partial charge < -0.3 is 9.32 Å². The van der Waals surface area contributed by atoms with Gasteiger partial charge in [0.2, 0.25) is 11.8 Å². The molecule has 0 fully saturated rings. The van der Waals surface area contributed by atoms with E-state index in [1.807, 2.05) is 0 Å². The highest BCUT2D eigenvalue weighted by molar-refractivity contribution is 5.95. The highest BCUT2D eigenvalue weighted by Gasteiger charge is 2.15. The Balaban J connectivity index is 1.77. The molecule has 0 unspecified atom stereocenters. The summed E-state index contributed by atoms with van der Waals surface area (Å²) in [5, 5.41) is 0. The SMILES string of the molecule is CCC(=O)N(C)c1ccc(-c2ccc(C(=O)Cc3ncc(C)o3)nc2)c(F)c1. The first-order valence-electron chi connectivity index (χ1n) is 8.86. The average molecular weight is 381 g/mol. The number of hydrogen-bond acceptors (Lipinski definition) is 5. The van der Waals surface area contributed by atoms with Crippen molar-refractivity contribution in [1.82, 2.24) is 9.97 Å². The predicted octanol–water partition coefficient (Wildman–Crippen LogP) is 3.98. The second-order valence-electron chi connectivity index (χ2n) is 6.37. The van der Waals surface area contributed by atoms with Gasteiger partial charge in [0.1, 0.15) is 17.3 Å². The quantitative estimate of drug-likeness (QED) is 0.604. The zero-order chi connectivity index (χ0) is 20.3. The maximum atomic E-state index is 14.6. The monoisotopic (exact) mass is 381 g/mol. The van der Waals surface area contributed by atoms with Crippen LogP contribution in [0, 0.1) is 12.7 Å². The number of benzene rings is 1. The summed E-state index contributed by atoms with van der Waals surface area (Å²) in [6.07, 6.45) is 3.36. The lowest BCUT2D eigenvalue weighted by atomic mass is 10.0. The van der Waals surface area contributed by atoms with Crippen LogP contribution < -0.4 is 4.90 Å². The molecule has 0 aliphatic carbocycles. The molecule has 6 nitrogen and oxygen atoms in total. The van der Waals surface area contributed by atoms with Crippen LogP contribution in [0.2, 0.25) is 0 Å². The van der Waals surface area contributed by atoms with Crippen LogP contribution in [-0.4, -0.2) is 28.7 Å². The molecular formula is C21H20FN3O3. The minimum absolute atomic E-state index is 0.0149. The number of amides is 1. The number of rotatable bonds is 6. The molecule has 7 heteroatoms. The highest BCUT2D eigenvalue weighted by atomic mass is 19.1. The Morgan fingerprint density at radius 3 is 2.50 bits per heavy atom. The molecule has 0 aliphatic heterocycles. The lowest BCUT2D eigenvalue weighted by Gasteiger charge is -2.17. The summed E-state index contributed by atoms with van der Waals surface area (Å²) in [6, 6.07) is 7.77. The molecule has 0 radical (unpaired) electrons. The van der Waals surface area contributed by atoms with Gasteiger partial charge in [-0.2, -0.15) is 0 Å². The topological polar surface area (TPSA) is 76.3 Å². The van der Waals surface area contributed by atoms with E-state index in [0.717, 1.165) is 0 Å². The number of aryl methyl sites for hydroxylation is 1. The van der Waals surface area contributed by atoms with Crippen LogP contribution in [0.5, 0.6) is 0 Å². The molecule has 3 rings (SSSR count). The van der Waals surface area contributed by atoms with E-state index >= 15 is 0 Å². The Kier molecular flexibility index (Phi) is 5.63. The number of hydrogen-bond donors (Lipinski definition) is 0. The predicted molar refractivity (Wildman–Crippen MR) is 103 cm³/mol. The van der Waals surface area contributed by atoms with Crippen LogP contribution in [0.3, 0.4) is 0 Å². The maximum absolute atomic E-state index is 14.6. The summed E-state index contributed by atoms with van der Waals surface area (Å²) in [6.45, 7) is 3.50. The van der Waals surface area contributed by atoms with E-state index in [2.05, 4.69) is 9.97 Å². The minimum Gasteiger partial charge on any atom is -0.446 e. The molecule has 0 bridgehead atoms. The number of pyridine rings is 1. The van der Waals surface area contributed by atoms with Crippen LogP contribution in [0.25, 0.3) is 11.1 Å². The fourth-order valence-corrected chi connectivity index (χ4v) is 2.76. The van der Waals surface area contributed by atoms with Gasteiger partial charge in [-0.15, -0.1) is 0 Å². The number of ketones is 1. The molecule has 0 N–H and O–H groups in total. The molecule has 2 heterocycles. The Morgan fingerprint density at radius 2 is 1.93 bits per heavy atom. The number of oxazole rings is 1. The number of carbonyl (C=O) groups excluding carboxylic acids is 2. The van der Waals surface area contributed by atoms with Crippen LogP contribution in [0.1, 0.15) is 35.5 Å². The van der Waals surface area contributed by atoms with Gasteiger partial charge in [-0.3, -0.25) is 14.6 Å². The van der Waals surface area contributed by atoms with Crippen molar-refractivity contribution >= 4 is 17.4 Å². The molecule has 0 saturated carbocycles. The minimum atomic E-state index is -0.468. The summed E-state index contributed by atoms with van der Waals surface area (Å²) in [5.74, 6) is 0.170. The van der Waals surface area contributed by atoms with Crippen molar-refractivity contribution < 1.29 is 18.4 Å². The molecule has 0 atom stereocenters. The number of nitrogens with zero attached hydrogens (tertiary/aromatic N) is 3. The first-order valence-corrected chi connectivity index (χ1v) is 8.86. The van der Waals surface area contributed by atoms with Gasteiger partial charge in [0.15, 0.2) is 5.78 Å². The summed E-state index contributed by atoms with van der Waals surface area (Å²) < 4.78 is 19.9. The molecular weight excluding hydrogens is 361 g/mol. The lowest BCUT2D eigenvalue weighted by molar-refractivity contribution is -0.118. The van der Waals surface area contributed by atoms with Gasteiger partial charge in [0.25, 0.3) is 0 Å². The van der Waals surface area contributed by atoms with Gasteiger partial charge in [-0.05, 0) is 31.2 Å². The summed E-state index contributed by atoms with van der Waals surface area (Å²) in [7, 11) is 1.61. The zero-order valence-corrected chi connectivity index (χ0v) is 15.9. The van der Waals surface area contributed by atoms with E-state index in [0.29, 0.717) is 34.9 Å². The summed E-state index contributed by atoms with van der Waals surface area (Å²) in [5.41, 5.74) is 1.62. The average Bonchev–Trinajstić information content (AvgIpc) is 3.11. The Hall–Kier alpha value is -3.35. The first kappa shape index (κ1) is 19.4. The lowest BCUT2D eigenvalue weighted by Crippen LogP contribution is -2.25. The number of Topliss-reactive ketones (excluding diaryl/α,β-unsaturated/α-hetero) is 1. The van der Waals surface area contributed by atoms with Crippen LogP contribution in [-0.2, 0) is 11.2 Å². The number of halogens is 1. The molecule has 1 aromatic carbocycles. The molecule has 0 saturated heterocycles. The Bertz CT molecular complexity index is 1010. The van der Waals surface area contributed by atoms with Gasteiger partial charge in [0, 0.05) is 36.5 Å². The molecule has 0 aliphatic rings. The molecule has 28 heavy (non-hydrogen) atoms. The number of anilines is 1. The van der Waals surface area contributed by atoms with E-state index < -0.39 is 5.82 Å². The third-order valence-electron chi connectivity index (χ3n) is 4.36. The fraction of sp³-hybridized carbons (Fsp3) is 0.238. The zero-order valence-electron chi connectivity index (χ0n) is 15.9. The van der Waals surface area contributed by atoms with E-state index in [9.17, 15) is 14.0 Å². The number of aromatic nitrogens is 2. The molecule has 0 spiro atoms. The van der Waals surface area contributed by atoms with Crippen LogP contribution in [0.15, 0.2) is 47.1 Å². The van der Waals surface area contributed by atoms with E-state index in [4.69, 9.17) is 4.42 Å². The third kappa shape index (κ3) is 4.14. The first-order chi connectivity index (χ1) is 13.4. The summed E-state index contributed by atoms with van der Waals surface area (Å²) in [4.78, 5) is 33.6. The fourth-order valence-electron chi connectivity index (χ4n) is 2.76. The number of carbonyl (C=O) groups is 2. The second kappa shape index (κ2) is 8.12. The molecule has 144 valence electrons. The largest absolute Gasteiger partial charge is 0.446 e. The van der Waals surface area contributed by atoms with E-state index in [1.54, 1.807) is 51.4 Å². The molecule has 1 amide bonds. The Morgan fingerprint density at radius 1 is 1.14 bits per heavy atom. The summed E-state index contributed by atoms with van der Waals surface area (Å²) >= 11 is 0. The second-order valence-corrected chi connectivity index (χ2v) is 6.37. The molecule has 2 aromatic heterocycles. The maximum Gasteiger partial charge on any atom is 0.226 e. The van der Waals surface area contributed by atoms with Crippen molar-refractivity contribution in [1.29, 1.82) is 0 Å². The third-order valence-corrected chi connectivity index (χ3v) is 4.36. The van der Waals surface area contributed by atoms with Gasteiger partial charge >= 0.3 is 0 Å². The van der Waals surface area contributed by atoms with Gasteiger partial charge in [0.05, 0.1) is 12.6 Å². The molecule has 3 aromatic rings. The van der Waals surface area contributed by atoms with E-state index in [1.165, 1.54) is 17.2 Å². The normalized spacial score (nSPS) is 10.7. The van der Waals surface area contributed by atoms with Crippen molar-refractivity contribution in [2.24, 2.45) is 0 Å². The van der Waals surface area contributed by atoms with Crippen molar-refractivity contribution in [3.05, 3.63) is 65.9 Å². The van der Waals surface area contributed by atoms with E-state index in [-0.39, 0.29) is 23.8 Å².